The molecule has 2 N–H and O–H groups in total. The van der Waals surface area contributed by atoms with Crippen LogP contribution >= 0.6 is 0 Å². The number of piperidine rings is 1. The molecule has 7 bridgehead atoms. The van der Waals surface area contributed by atoms with Gasteiger partial charge in [0.05, 0.1) is 24.4 Å². The predicted octanol–water partition coefficient (Wildman–Crippen LogP) is 1.22. The Kier molecular flexibility index (Phi) is 8.49. The molecule has 5 saturated carbocycles. The van der Waals surface area contributed by atoms with E-state index in [1.165, 1.54) is 21.0 Å². The Morgan fingerprint density at radius 3 is 2.20 bits per heavy atom. The van der Waals surface area contributed by atoms with E-state index in [0.717, 1.165) is 0 Å². The number of nitrogens with zero attached hydrogens (tertiary/aromatic N) is 1. The van der Waals surface area contributed by atoms with Gasteiger partial charge < -0.3 is 43.4 Å². The normalized spacial score (nSPS) is 47.4. The number of esters is 3. The molecule has 13 heteroatoms. The van der Waals surface area contributed by atoms with Crippen LogP contribution in [0.2, 0.25) is 0 Å². The zero-order valence-corrected chi connectivity index (χ0v) is 29.2. The first-order valence-electron chi connectivity index (χ1n) is 17.2. The fourth-order valence-corrected chi connectivity index (χ4v) is 12.7. The van der Waals surface area contributed by atoms with E-state index in [4.69, 9.17) is 33.2 Å². The summed E-state index contributed by atoms with van der Waals surface area (Å²) in [6.45, 7) is 5.99. The van der Waals surface area contributed by atoms with Crippen molar-refractivity contribution in [2.24, 2.45) is 34.5 Å². The van der Waals surface area contributed by atoms with Crippen LogP contribution in [-0.2, 0) is 42.7 Å². The molecule has 270 valence electrons. The summed E-state index contributed by atoms with van der Waals surface area (Å²) >= 11 is 0. The van der Waals surface area contributed by atoms with Crippen molar-refractivity contribution in [3.63, 3.8) is 0 Å². The van der Waals surface area contributed by atoms with Gasteiger partial charge in [0.25, 0.3) is 0 Å². The number of fused-ring (bicyclic) bond motifs is 2. The molecule has 1 heterocycles. The molecule has 0 aromatic heterocycles. The van der Waals surface area contributed by atoms with Gasteiger partial charge in [0, 0.05) is 89.9 Å². The number of carbonyl (C=O) groups excluding carboxylic acids is 3. The molecule has 7 rings (SSSR count). The Morgan fingerprint density at radius 2 is 1.63 bits per heavy atom. The van der Waals surface area contributed by atoms with Crippen molar-refractivity contribution in [1.29, 1.82) is 0 Å². The van der Waals surface area contributed by atoms with E-state index in [0.29, 0.717) is 19.5 Å². The largest absolute Gasteiger partial charge is 0.462 e. The highest BCUT2D eigenvalue weighted by molar-refractivity contribution is 5.89. The molecule has 5 aliphatic carbocycles. The van der Waals surface area contributed by atoms with Crippen LogP contribution in [0.4, 0.5) is 0 Å². The minimum Gasteiger partial charge on any atom is -0.462 e. The van der Waals surface area contributed by atoms with Crippen LogP contribution in [-0.4, -0.2) is 135 Å². The van der Waals surface area contributed by atoms with Gasteiger partial charge in [-0.15, -0.1) is 0 Å². The zero-order valence-electron chi connectivity index (χ0n) is 29.2. The maximum absolute atomic E-state index is 13.8. The summed E-state index contributed by atoms with van der Waals surface area (Å²) in [6, 6.07) is 8.12. The lowest BCUT2D eigenvalue weighted by Crippen LogP contribution is -2.81. The van der Waals surface area contributed by atoms with Gasteiger partial charge in [0.2, 0.25) is 0 Å². The molecular weight excluding hydrogens is 638 g/mol. The number of carbonyl (C=O) groups is 3. The fraction of sp³-hybridized carbons (Fsp3) is 0.750. The summed E-state index contributed by atoms with van der Waals surface area (Å²) in [5, 5.41) is 25.5. The first kappa shape index (κ1) is 34.8. The van der Waals surface area contributed by atoms with Crippen LogP contribution in [0.25, 0.3) is 0 Å². The monoisotopic (exact) mass is 687 g/mol. The quantitative estimate of drug-likeness (QED) is 0.267. The highest BCUT2D eigenvalue weighted by Crippen LogP contribution is 2.80. The smallest absolute Gasteiger partial charge is 0.338 e. The standard InChI is InChI=1S/C36H49NO12/c1-8-37-16-33(17-43-4)22(47-18(2)38)14-23(44-5)35-21-15-34(42)30(48-32(41)20-12-10-9-11-13-20)24(21)36(49-19(3)39,29(40)31(34)46-7)25(28(35)37)26(45-6)27(33)35/h9-13,21-31,40,42H,8,14-17H2,1-7H3/t21-,22-,23+,24-,25+,26-,27-,28-,29+,30-,31+,33-,34+,35+,36-/m1/s1. The summed E-state index contributed by atoms with van der Waals surface area (Å²) in [7, 11) is 6.25. The van der Waals surface area contributed by atoms with Gasteiger partial charge in [-0.1, -0.05) is 25.1 Å². The number of methoxy groups -OCH3 is 4. The van der Waals surface area contributed by atoms with Crippen LogP contribution in [0, 0.1) is 34.5 Å². The molecule has 0 amide bonds. The SMILES string of the molecule is CCN1C[C@]2(COC)[C@H]3[C@H](OC)[C@H]4[C@@H]1[C@]3([C@@H](OC)C[C@H]2OC(C)=O)[C@@H]1C[C@]2(O)[C@H](OC(=O)c3ccccc3)[C@@H]1[C@]4(OC(C)=O)[C@@H](O)[C@@H]2OC. The highest BCUT2D eigenvalue weighted by atomic mass is 16.6. The number of hydrogen-bond donors (Lipinski definition) is 2. The summed E-state index contributed by atoms with van der Waals surface area (Å²) < 4.78 is 43.9. The fourth-order valence-electron chi connectivity index (χ4n) is 12.7. The number of aliphatic hydroxyl groups is 2. The maximum atomic E-state index is 13.8. The zero-order chi connectivity index (χ0) is 35.3. The van der Waals surface area contributed by atoms with Crippen molar-refractivity contribution in [2.75, 3.05) is 48.1 Å². The summed E-state index contributed by atoms with van der Waals surface area (Å²) in [4.78, 5) is 42.2. The third-order valence-corrected chi connectivity index (χ3v) is 13.4. The van der Waals surface area contributed by atoms with Crippen LogP contribution in [0.3, 0.4) is 0 Å². The van der Waals surface area contributed by atoms with Crippen molar-refractivity contribution in [3.05, 3.63) is 35.9 Å². The average molecular weight is 688 g/mol. The Hall–Kier alpha value is -2.65. The van der Waals surface area contributed by atoms with Crippen molar-refractivity contribution >= 4 is 17.9 Å². The predicted molar refractivity (Wildman–Crippen MR) is 170 cm³/mol. The molecule has 1 aliphatic heterocycles. The second kappa shape index (κ2) is 12.0. The molecule has 0 unspecified atom stereocenters. The molecule has 13 nitrogen and oxygen atoms in total. The van der Waals surface area contributed by atoms with E-state index in [1.807, 2.05) is 6.92 Å². The summed E-state index contributed by atoms with van der Waals surface area (Å²) in [5.41, 5.74) is -4.92. The van der Waals surface area contributed by atoms with E-state index in [-0.39, 0.29) is 24.6 Å². The van der Waals surface area contributed by atoms with Gasteiger partial charge in [0.15, 0.2) is 5.60 Å². The molecule has 0 radical (unpaired) electrons. The number of rotatable bonds is 10. The maximum Gasteiger partial charge on any atom is 0.338 e. The minimum absolute atomic E-state index is 0.0534. The number of benzene rings is 1. The van der Waals surface area contributed by atoms with E-state index in [1.54, 1.807) is 51.7 Å². The number of hydrogen-bond acceptors (Lipinski definition) is 13. The van der Waals surface area contributed by atoms with E-state index in [2.05, 4.69) is 4.90 Å². The van der Waals surface area contributed by atoms with Crippen LogP contribution in [0.5, 0.6) is 0 Å². The van der Waals surface area contributed by atoms with E-state index in [9.17, 15) is 24.6 Å². The first-order chi connectivity index (χ1) is 23.4. The topological polar surface area (TPSA) is 160 Å². The van der Waals surface area contributed by atoms with Gasteiger partial charge in [-0.05, 0) is 31.0 Å². The van der Waals surface area contributed by atoms with Gasteiger partial charge in [-0.3, -0.25) is 14.5 Å². The number of aliphatic hydroxyl groups excluding tert-OH is 1. The second-order valence-electron chi connectivity index (χ2n) is 15.0. The summed E-state index contributed by atoms with van der Waals surface area (Å²) in [6.07, 6.45) is -5.45. The molecule has 15 atom stereocenters. The van der Waals surface area contributed by atoms with Gasteiger partial charge in [-0.25, -0.2) is 4.79 Å². The van der Waals surface area contributed by atoms with Crippen LogP contribution in [0.15, 0.2) is 30.3 Å². The van der Waals surface area contributed by atoms with Gasteiger partial charge in [0.1, 0.15) is 30.0 Å². The third-order valence-electron chi connectivity index (χ3n) is 13.4. The molecular formula is C36H49NO12. The molecule has 6 fully saturated rings. The molecule has 1 saturated heterocycles. The highest BCUT2D eigenvalue weighted by Gasteiger charge is 2.92. The molecule has 49 heavy (non-hydrogen) atoms. The van der Waals surface area contributed by atoms with Crippen molar-refractivity contribution in [3.8, 4) is 0 Å². The Morgan fingerprint density at radius 1 is 0.918 bits per heavy atom. The van der Waals surface area contributed by atoms with Crippen molar-refractivity contribution < 1.29 is 57.8 Å². The lowest BCUT2D eigenvalue weighted by molar-refractivity contribution is -0.322. The van der Waals surface area contributed by atoms with Gasteiger partial charge in [-0.2, -0.15) is 0 Å². The summed E-state index contributed by atoms with van der Waals surface area (Å²) in [5.74, 6) is -4.24. The molecule has 6 aliphatic rings. The first-order valence-corrected chi connectivity index (χ1v) is 17.2. The average Bonchev–Trinajstić information content (AvgIpc) is 3.44. The second-order valence-corrected chi connectivity index (χ2v) is 15.0. The minimum atomic E-state index is -1.86. The Balaban J connectivity index is 1.53. The lowest BCUT2D eigenvalue weighted by atomic mass is 9.42. The van der Waals surface area contributed by atoms with Crippen LogP contribution < -0.4 is 0 Å². The molecule has 1 spiro atoms. The van der Waals surface area contributed by atoms with Crippen molar-refractivity contribution in [1.82, 2.24) is 4.90 Å². The van der Waals surface area contributed by atoms with Gasteiger partial charge >= 0.3 is 17.9 Å². The lowest BCUT2D eigenvalue weighted by Gasteiger charge is -2.70. The Bertz CT molecular complexity index is 1480. The Labute approximate surface area is 286 Å². The number of likely N-dealkylation sites (tertiary alicyclic amines) is 1. The number of ether oxygens (including phenoxy) is 7. The van der Waals surface area contributed by atoms with Crippen molar-refractivity contribution in [2.45, 2.75) is 87.5 Å². The van der Waals surface area contributed by atoms with E-state index < -0.39 is 100 Å². The van der Waals surface area contributed by atoms with E-state index >= 15 is 0 Å². The third kappa shape index (κ3) is 4.21. The molecule has 1 aromatic carbocycles. The van der Waals surface area contributed by atoms with Crippen LogP contribution in [0.1, 0.15) is 44.0 Å². The molecule has 1 aromatic rings.